The van der Waals surface area contributed by atoms with Gasteiger partial charge in [-0.3, -0.25) is 10.7 Å². The van der Waals surface area contributed by atoms with Crippen LogP contribution in [-0.2, 0) is 4.74 Å². The molecule has 1 unspecified atom stereocenters. The summed E-state index contributed by atoms with van der Waals surface area (Å²) in [4.78, 5) is 4.24. The molecule has 1 aromatic heterocycles. The van der Waals surface area contributed by atoms with Gasteiger partial charge in [-0.25, -0.2) is 0 Å². The quantitative estimate of drug-likeness (QED) is 0.689. The number of nitrogens with two attached hydrogens (primary N) is 1. The van der Waals surface area contributed by atoms with E-state index in [2.05, 4.69) is 17.2 Å². The van der Waals surface area contributed by atoms with Gasteiger partial charge < -0.3 is 10.1 Å². The summed E-state index contributed by atoms with van der Waals surface area (Å²) in [5.41, 5.74) is 7.17. The molecule has 4 nitrogen and oxygen atoms in total. The predicted octanol–water partition coefficient (Wildman–Crippen LogP) is 1.17. The monoisotopic (exact) mass is 191 g/mol. The van der Waals surface area contributed by atoms with Crippen molar-refractivity contribution in [2.45, 2.75) is 13.0 Å². The molecule has 0 amide bonds. The molecule has 0 aromatic carbocycles. The number of pyridine rings is 1. The second-order valence-corrected chi connectivity index (χ2v) is 3.17. The third-order valence-electron chi connectivity index (χ3n) is 2.06. The Morgan fingerprint density at radius 1 is 1.64 bits per heavy atom. The highest BCUT2D eigenvalue weighted by atomic mass is 16.5. The molecule has 3 N–H and O–H groups in total. The van der Waals surface area contributed by atoms with E-state index in [0.29, 0.717) is 0 Å². The zero-order chi connectivity index (χ0) is 9.97. The molecule has 1 aromatic rings. The second-order valence-electron chi connectivity index (χ2n) is 3.17. The van der Waals surface area contributed by atoms with E-state index >= 15 is 0 Å². The lowest BCUT2D eigenvalue weighted by Gasteiger charge is -2.22. The van der Waals surface area contributed by atoms with Gasteiger partial charge in [-0.2, -0.15) is 0 Å². The van der Waals surface area contributed by atoms with Gasteiger partial charge in [-0.15, -0.1) is 0 Å². The summed E-state index contributed by atoms with van der Waals surface area (Å²) in [5, 5.41) is 3.29. The number of hydrogen-bond donors (Lipinski definition) is 2. The predicted molar refractivity (Wildman–Crippen MR) is 55.4 cm³/mol. The van der Waals surface area contributed by atoms with Crippen LogP contribution in [-0.4, -0.2) is 17.8 Å². The zero-order valence-corrected chi connectivity index (χ0v) is 8.03. The van der Waals surface area contributed by atoms with Crippen LogP contribution in [0.3, 0.4) is 0 Å². The van der Waals surface area contributed by atoms with Crippen LogP contribution < -0.4 is 11.1 Å². The number of anilines is 1. The molecule has 0 spiro atoms. The SMILES string of the molecule is CC1C=C(OCN)c2ncccc2N1. The first-order chi connectivity index (χ1) is 6.81. The molecule has 2 heterocycles. The maximum absolute atomic E-state index is 5.35. The third-order valence-corrected chi connectivity index (χ3v) is 2.06. The molecule has 0 bridgehead atoms. The molecule has 0 fully saturated rings. The summed E-state index contributed by atoms with van der Waals surface area (Å²) in [5.74, 6) is 0.759. The Bertz CT molecular complexity index is 362. The maximum Gasteiger partial charge on any atom is 0.147 e. The van der Waals surface area contributed by atoms with Gasteiger partial charge in [-0.05, 0) is 25.1 Å². The molecule has 14 heavy (non-hydrogen) atoms. The topological polar surface area (TPSA) is 60.2 Å². The highest BCUT2D eigenvalue weighted by Gasteiger charge is 2.17. The summed E-state index contributed by atoms with van der Waals surface area (Å²) in [7, 11) is 0. The van der Waals surface area contributed by atoms with Gasteiger partial charge in [0, 0.05) is 12.2 Å². The van der Waals surface area contributed by atoms with Crippen LogP contribution in [0.25, 0.3) is 5.76 Å². The van der Waals surface area contributed by atoms with Gasteiger partial charge >= 0.3 is 0 Å². The number of fused-ring (bicyclic) bond motifs is 1. The average molecular weight is 191 g/mol. The summed E-state index contributed by atoms with van der Waals surface area (Å²) < 4.78 is 5.32. The lowest BCUT2D eigenvalue weighted by atomic mass is 10.1. The summed E-state index contributed by atoms with van der Waals surface area (Å²) in [6.07, 6.45) is 3.71. The first-order valence-corrected chi connectivity index (χ1v) is 4.58. The molecule has 1 aliphatic heterocycles. The van der Waals surface area contributed by atoms with E-state index in [1.807, 2.05) is 18.2 Å². The van der Waals surface area contributed by atoms with Crippen molar-refractivity contribution in [3.63, 3.8) is 0 Å². The summed E-state index contributed by atoms with van der Waals surface area (Å²) in [6.45, 7) is 2.23. The molecule has 0 saturated heterocycles. The Hall–Kier alpha value is -1.55. The summed E-state index contributed by atoms with van der Waals surface area (Å²) >= 11 is 0. The lowest BCUT2D eigenvalue weighted by Crippen LogP contribution is -2.20. The van der Waals surface area contributed by atoms with Crippen molar-refractivity contribution in [3.8, 4) is 0 Å². The van der Waals surface area contributed by atoms with Crippen molar-refractivity contribution < 1.29 is 4.74 Å². The Labute approximate surface area is 82.8 Å². The van der Waals surface area contributed by atoms with Crippen LogP contribution in [0, 0.1) is 0 Å². The fourth-order valence-electron chi connectivity index (χ4n) is 1.52. The Balaban J connectivity index is 2.39. The molecular weight excluding hydrogens is 178 g/mol. The van der Waals surface area contributed by atoms with Crippen LogP contribution in [0.5, 0.6) is 0 Å². The minimum atomic E-state index is 0.175. The van der Waals surface area contributed by atoms with E-state index in [1.165, 1.54) is 0 Å². The van der Waals surface area contributed by atoms with Gasteiger partial charge in [-0.1, -0.05) is 0 Å². The van der Waals surface area contributed by atoms with Crippen molar-refractivity contribution in [2.75, 3.05) is 12.0 Å². The van der Waals surface area contributed by atoms with Crippen molar-refractivity contribution >= 4 is 11.4 Å². The molecule has 0 aliphatic carbocycles. The van der Waals surface area contributed by atoms with Crippen molar-refractivity contribution in [1.29, 1.82) is 0 Å². The molecule has 1 aliphatic rings. The van der Waals surface area contributed by atoms with Gasteiger partial charge in [0.05, 0.1) is 5.69 Å². The highest BCUT2D eigenvalue weighted by molar-refractivity contribution is 5.73. The molecule has 2 rings (SSSR count). The van der Waals surface area contributed by atoms with Crippen molar-refractivity contribution in [1.82, 2.24) is 4.98 Å². The highest BCUT2D eigenvalue weighted by Crippen LogP contribution is 2.27. The van der Waals surface area contributed by atoms with E-state index < -0.39 is 0 Å². The van der Waals surface area contributed by atoms with Gasteiger partial charge in [0.25, 0.3) is 0 Å². The van der Waals surface area contributed by atoms with E-state index in [0.717, 1.165) is 17.1 Å². The van der Waals surface area contributed by atoms with Gasteiger partial charge in [0.2, 0.25) is 0 Å². The standard InChI is InChI=1S/C10H13N3O/c1-7-5-9(14-6-11)10-8(13-7)3-2-4-12-10/h2-5,7,13H,6,11H2,1H3. The van der Waals surface area contributed by atoms with Crippen molar-refractivity contribution in [2.24, 2.45) is 5.73 Å². The largest absolute Gasteiger partial charge is 0.477 e. The van der Waals surface area contributed by atoms with E-state index in [9.17, 15) is 0 Å². The van der Waals surface area contributed by atoms with Crippen LogP contribution in [0.1, 0.15) is 12.6 Å². The van der Waals surface area contributed by atoms with Crippen LogP contribution in [0.15, 0.2) is 24.4 Å². The second kappa shape index (κ2) is 3.67. The maximum atomic E-state index is 5.35. The Kier molecular flexibility index (Phi) is 2.37. The molecule has 4 heteroatoms. The van der Waals surface area contributed by atoms with Crippen LogP contribution in [0.2, 0.25) is 0 Å². The summed E-state index contributed by atoms with van der Waals surface area (Å²) in [6, 6.07) is 4.11. The molecule has 74 valence electrons. The fraction of sp³-hybridized carbons (Fsp3) is 0.300. The minimum absolute atomic E-state index is 0.175. The number of aromatic nitrogens is 1. The average Bonchev–Trinajstić information content (AvgIpc) is 2.18. The Morgan fingerprint density at radius 2 is 2.50 bits per heavy atom. The normalized spacial score (nSPS) is 19.3. The number of nitrogens with zero attached hydrogens (tertiary/aromatic N) is 1. The van der Waals surface area contributed by atoms with Crippen molar-refractivity contribution in [3.05, 3.63) is 30.1 Å². The van der Waals surface area contributed by atoms with E-state index in [1.54, 1.807) is 6.20 Å². The molecule has 1 atom stereocenters. The van der Waals surface area contributed by atoms with Crippen LogP contribution >= 0.6 is 0 Å². The zero-order valence-electron chi connectivity index (χ0n) is 8.03. The minimum Gasteiger partial charge on any atom is -0.477 e. The first-order valence-electron chi connectivity index (χ1n) is 4.58. The first kappa shape index (κ1) is 9.02. The van der Waals surface area contributed by atoms with Gasteiger partial charge in [0.15, 0.2) is 0 Å². The third kappa shape index (κ3) is 1.56. The Morgan fingerprint density at radius 3 is 3.29 bits per heavy atom. The number of ether oxygens (including phenoxy) is 1. The molecule has 0 saturated carbocycles. The lowest BCUT2D eigenvalue weighted by molar-refractivity contribution is 0.285. The molecular formula is C10H13N3O. The fourth-order valence-corrected chi connectivity index (χ4v) is 1.52. The van der Waals surface area contributed by atoms with Gasteiger partial charge in [0.1, 0.15) is 18.2 Å². The van der Waals surface area contributed by atoms with Crippen LogP contribution in [0.4, 0.5) is 5.69 Å². The smallest absolute Gasteiger partial charge is 0.147 e. The van der Waals surface area contributed by atoms with E-state index in [-0.39, 0.29) is 12.8 Å². The number of hydrogen-bond acceptors (Lipinski definition) is 4. The molecule has 0 radical (unpaired) electrons. The number of nitrogens with one attached hydrogen (secondary N) is 1. The van der Waals surface area contributed by atoms with E-state index in [4.69, 9.17) is 10.5 Å². The number of rotatable bonds is 2.